The van der Waals surface area contributed by atoms with Crippen molar-refractivity contribution in [2.75, 3.05) is 0 Å². The van der Waals surface area contributed by atoms with E-state index in [0.29, 0.717) is 5.75 Å². The number of rotatable bonds is 1. The number of aromatic hydroxyl groups is 2. The van der Waals surface area contributed by atoms with E-state index in [4.69, 9.17) is 0 Å². The number of hydrogen-bond acceptors (Lipinski definition) is 2. The number of phenols is 2. The zero-order valence-corrected chi connectivity index (χ0v) is 10.3. The number of aryl methyl sites for hydroxylation is 3. The van der Waals surface area contributed by atoms with Crippen molar-refractivity contribution < 1.29 is 10.2 Å². The third-order valence-corrected chi connectivity index (χ3v) is 2.94. The summed E-state index contributed by atoms with van der Waals surface area (Å²) in [7, 11) is 0. The highest BCUT2D eigenvalue weighted by Gasteiger charge is 2.10. The van der Waals surface area contributed by atoms with Crippen LogP contribution in [-0.2, 0) is 0 Å². The van der Waals surface area contributed by atoms with Gasteiger partial charge in [0.2, 0.25) is 0 Å². The van der Waals surface area contributed by atoms with E-state index in [2.05, 4.69) is 0 Å². The van der Waals surface area contributed by atoms with Crippen molar-refractivity contribution in [2.24, 2.45) is 0 Å². The molecular formula is C15H16O2. The number of benzene rings is 2. The van der Waals surface area contributed by atoms with Crippen molar-refractivity contribution >= 4 is 0 Å². The molecule has 0 aliphatic rings. The highest BCUT2D eigenvalue weighted by Crippen LogP contribution is 2.35. The van der Waals surface area contributed by atoms with Crippen LogP contribution in [0.2, 0.25) is 0 Å². The van der Waals surface area contributed by atoms with Gasteiger partial charge in [-0.2, -0.15) is 0 Å². The molecule has 88 valence electrons. The molecule has 0 aliphatic heterocycles. The summed E-state index contributed by atoms with van der Waals surface area (Å²) in [6.07, 6.45) is 0. The van der Waals surface area contributed by atoms with E-state index in [0.717, 1.165) is 27.8 Å². The normalized spacial score (nSPS) is 10.5. The summed E-state index contributed by atoms with van der Waals surface area (Å²) < 4.78 is 0. The van der Waals surface area contributed by atoms with Crippen molar-refractivity contribution in [1.82, 2.24) is 0 Å². The van der Waals surface area contributed by atoms with Crippen LogP contribution in [0, 0.1) is 20.8 Å². The van der Waals surface area contributed by atoms with Crippen LogP contribution >= 0.6 is 0 Å². The molecule has 0 unspecified atom stereocenters. The van der Waals surface area contributed by atoms with Gasteiger partial charge in [-0.3, -0.25) is 0 Å². The highest BCUT2D eigenvalue weighted by molar-refractivity contribution is 5.75. The lowest BCUT2D eigenvalue weighted by molar-refractivity contribution is 0.471. The van der Waals surface area contributed by atoms with Crippen molar-refractivity contribution in [1.29, 1.82) is 0 Å². The molecule has 0 amide bonds. The molecule has 0 spiro atoms. The van der Waals surface area contributed by atoms with Crippen LogP contribution in [0.5, 0.6) is 11.5 Å². The van der Waals surface area contributed by atoms with Crippen molar-refractivity contribution in [2.45, 2.75) is 20.8 Å². The minimum atomic E-state index is 0.245. The molecule has 2 heteroatoms. The summed E-state index contributed by atoms with van der Waals surface area (Å²) in [4.78, 5) is 0. The summed E-state index contributed by atoms with van der Waals surface area (Å²) in [6, 6.07) is 9.08. The fourth-order valence-electron chi connectivity index (χ4n) is 2.12. The third-order valence-electron chi connectivity index (χ3n) is 2.94. The SMILES string of the molecule is Cc1cc(C)c(O)c(-c2ccc(O)cc2C)c1. The van der Waals surface area contributed by atoms with Crippen LogP contribution in [0.25, 0.3) is 11.1 Å². The van der Waals surface area contributed by atoms with Crippen molar-refractivity contribution in [3.05, 3.63) is 47.0 Å². The molecule has 0 heterocycles. The van der Waals surface area contributed by atoms with E-state index in [1.807, 2.05) is 39.0 Å². The van der Waals surface area contributed by atoms with Crippen LogP contribution in [0.15, 0.2) is 30.3 Å². The molecule has 17 heavy (non-hydrogen) atoms. The second kappa shape index (κ2) is 4.13. The number of phenolic OH excluding ortho intramolecular Hbond substituents is 2. The molecule has 0 saturated carbocycles. The van der Waals surface area contributed by atoms with Gasteiger partial charge < -0.3 is 10.2 Å². The van der Waals surface area contributed by atoms with E-state index in [1.54, 1.807) is 12.1 Å². The Bertz CT molecular complexity index is 571. The molecule has 0 aliphatic carbocycles. The average molecular weight is 228 g/mol. The zero-order valence-electron chi connectivity index (χ0n) is 10.3. The van der Waals surface area contributed by atoms with E-state index >= 15 is 0 Å². The summed E-state index contributed by atoms with van der Waals surface area (Å²) in [5, 5.41) is 19.5. The molecule has 0 bridgehead atoms. The van der Waals surface area contributed by atoms with Gasteiger partial charge in [0, 0.05) is 5.56 Å². The Morgan fingerprint density at radius 1 is 0.765 bits per heavy atom. The maximum atomic E-state index is 10.1. The van der Waals surface area contributed by atoms with Crippen LogP contribution in [0.4, 0.5) is 0 Å². The van der Waals surface area contributed by atoms with Gasteiger partial charge in [0.05, 0.1) is 0 Å². The smallest absolute Gasteiger partial charge is 0.126 e. The predicted molar refractivity (Wildman–Crippen MR) is 69.4 cm³/mol. The van der Waals surface area contributed by atoms with Gasteiger partial charge in [0.15, 0.2) is 0 Å². The second-order valence-electron chi connectivity index (χ2n) is 4.48. The lowest BCUT2D eigenvalue weighted by Crippen LogP contribution is -1.88. The molecule has 0 saturated heterocycles. The Kier molecular flexibility index (Phi) is 2.80. The topological polar surface area (TPSA) is 40.5 Å². The molecular weight excluding hydrogens is 212 g/mol. The quantitative estimate of drug-likeness (QED) is 0.781. The first kappa shape index (κ1) is 11.5. The first-order chi connectivity index (χ1) is 7.99. The molecule has 2 nitrogen and oxygen atoms in total. The minimum absolute atomic E-state index is 0.245. The Balaban J connectivity index is 2.68. The van der Waals surface area contributed by atoms with Crippen LogP contribution < -0.4 is 0 Å². The van der Waals surface area contributed by atoms with Gasteiger partial charge in [-0.15, -0.1) is 0 Å². The summed E-state index contributed by atoms with van der Waals surface area (Å²) in [5.41, 5.74) is 4.70. The van der Waals surface area contributed by atoms with E-state index in [-0.39, 0.29) is 5.75 Å². The maximum Gasteiger partial charge on any atom is 0.126 e. The van der Waals surface area contributed by atoms with Gasteiger partial charge in [-0.05, 0) is 61.2 Å². The molecule has 0 fully saturated rings. The molecule has 2 N–H and O–H groups in total. The van der Waals surface area contributed by atoms with Gasteiger partial charge in [-0.25, -0.2) is 0 Å². The lowest BCUT2D eigenvalue weighted by Gasteiger charge is -2.11. The Morgan fingerprint density at radius 3 is 2.12 bits per heavy atom. The summed E-state index contributed by atoms with van der Waals surface area (Å²) in [6.45, 7) is 5.82. The maximum absolute atomic E-state index is 10.1. The van der Waals surface area contributed by atoms with Gasteiger partial charge in [-0.1, -0.05) is 12.1 Å². The van der Waals surface area contributed by atoms with E-state index in [1.165, 1.54) is 0 Å². The van der Waals surface area contributed by atoms with Crippen LogP contribution in [0.3, 0.4) is 0 Å². The van der Waals surface area contributed by atoms with Crippen LogP contribution in [0.1, 0.15) is 16.7 Å². The number of hydrogen-bond donors (Lipinski definition) is 2. The highest BCUT2D eigenvalue weighted by atomic mass is 16.3. The average Bonchev–Trinajstić information content (AvgIpc) is 2.24. The van der Waals surface area contributed by atoms with Gasteiger partial charge in [0.25, 0.3) is 0 Å². The molecule has 0 atom stereocenters. The second-order valence-corrected chi connectivity index (χ2v) is 4.48. The molecule has 2 aromatic carbocycles. The predicted octanol–water partition coefficient (Wildman–Crippen LogP) is 3.69. The molecule has 0 radical (unpaired) electrons. The molecule has 0 aromatic heterocycles. The first-order valence-corrected chi connectivity index (χ1v) is 5.59. The van der Waals surface area contributed by atoms with Crippen molar-refractivity contribution in [3.8, 4) is 22.6 Å². The Labute approximate surface area is 101 Å². The van der Waals surface area contributed by atoms with Gasteiger partial charge >= 0.3 is 0 Å². The lowest BCUT2D eigenvalue weighted by atomic mass is 9.96. The van der Waals surface area contributed by atoms with E-state index in [9.17, 15) is 10.2 Å². The standard InChI is InChI=1S/C15H16O2/c1-9-6-11(3)15(17)14(7-9)13-5-4-12(16)8-10(13)2/h4-8,16-17H,1-3H3. The largest absolute Gasteiger partial charge is 0.508 e. The monoisotopic (exact) mass is 228 g/mol. The summed E-state index contributed by atoms with van der Waals surface area (Å²) >= 11 is 0. The molecule has 2 aromatic rings. The van der Waals surface area contributed by atoms with Crippen LogP contribution in [-0.4, -0.2) is 10.2 Å². The third kappa shape index (κ3) is 2.11. The Hall–Kier alpha value is -1.96. The summed E-state index contributed by atoms with van der Waals surface area (Å²) in [5.74, 6) is 0.555. The van der Waals surface area contributed by atoms with Crippen molar-refractivity contribution in [3.63, 3.8) is 0 Å². The minimum Gasteiger partial charge on any atom is -0.508 e. The zero-order chi connectivity index (χ0) is 12.6. The fraction of sp³-hybridized carbons (Fsp3) is 0.200. The van der Waals surface area contributed by atoms with Gasteiger partial charge in [0.1, 0.15) is 11.5 Å². The van der Waals surface area contributed by atoms with E-state index < -0.39 is 0 Å². The molecule has 2 rings (SSSR count). The first-order valence-electron chi connectivity index (χ1n) is 5.59. The Morgan fingerprint density at radius 2 is 1.47 bits per heavy atom. The fourth-order valence-corrected chi connectivity index (χ4v) is 2.12.